The third-order valence-electron chi connectivity index (χ3n) is 4.75. The SMILES string of the molecule is CCNC(=O)[C@@H](CC)N(Cc1ccc(F)cc1)C(=O)CCc1ccc(C)cc1. The standard InChI is InChI=1S/C23H29FN2O2/c1-4-21(23(28)25-5-2)26(16-19-10-13-20(24)14-11-19)22(27)15-12-18-8-6-17(3)7-9-18/h6-11,13-14,21H,4-5,12,15-16H2,1-3H3,(H,25,28)/t21-/m1/s1. The molecule has 5 heteroatoms. The number of rotatable bonds is 9. The minimum Gasteiger partial charge on any atom is -0.355 e. The Labute approximate surface area is 166 Å². The van der Waals surface area contributed by atoms with Crippen LogP contribution in [-0.2, 0) is 22.6 Å². The van der Waals surface area contributed by atoms with Crippen molar-refractivity contribution in [1.82, 2.24) is 10.2 Å². The number of nitrogens with zero attached hydrogens (tertiary/aromatic N) is 1. The highest BCUT2D eigenvalue weighted by Gasteiger charge is 2.28. The molecule has 0 aliphatic heterocycles. The highest BCUT2D eigenvalue weighted by atomic mass is 19.1. The molecule has 0 fully saturated rings. The van der Waals surface area contributed by atoms with Crippen LogP contribution in [0.25, 0.3) is 0 Å². The van der Waals surface area contributed by atoms with E-state index in [1.807, 2.05) is 45.0 Å². The first-order chi connectivity index (χ1) is 13.4. The molecule has 0 heterocycles. The van der Waals surface area contributed by atoms with Crippen molar-refractivity contribution >= 4 is 11.8 Å². The molecule has 2 amide bonds. The van der Waals surface area contributed by atoms with E-state index in [0.29, 0.717) is 25.8 Å². The fourth-order valence-electron chi connectivity index (χ4n) is 3.15. The fraction of sp³-hybridized carbons (Fsp3) is 0.391. The first kappa shape index (κ1) is 21.6. The van der Waals surface area contributed by atoms with E-state index in [1.54, 1.807) is 17.0 Å². The summed E-state index contributed by atoms with van der Waals surface area (Å²) < 4.78 is 13.2. The zero-order chi connectivity index (χ0) is 20.5. The van der Waals surface area contributed by atoms with Crippen LogP contribution in [0.5, 0.6) is 0 Å². The lowest BCUT2D eigenvalue weighted by Crippen LogP contribution is -2.49. The van der Waals surface area contributed by atoms with Crippen LogP contribution in [0.15, 0.2) is 48.5 Å². The van der Waals surface area contributed by atoms with Crippen molar-refractivity contribution in [1.29, 1.82) is 0 Å². The Balaban J connectivity index is 2.16. The number of hydrogen-bond donors (Lipinski definition) is 1. The van der Waals surface area contributed by atoms with Gasteiger partial charge in [-0.2, -0.15) is 0 Å². The summed E-state index contributed by atoms with van der Waals surface area (Å²) in [6, 6.07) is 13.6. The summed E-state index contributed by atoms with van der Waals surface area (Å²) in [5.74, 6) is -0.560. The van der Waals surface area contributed by atoms with Crippen LogP contribution in [-0.4, -0.2) is 29.3 Å². The Morgan fingerprint density at radius 1 is 1.00 bits per heavy atom. The minimum absolute atomic E-state index is 0.0806. The highest BCUT2D eigenvalue weighted by Crippen LogP contribution is 2.16. The monoisotopic (exact) mass is 384 g/mol. The van der Waals surface area contributed by atoms with E-state index in [2.05, 4.69) is 5.32 Å². The van der Waals surface area contributed by atoms with Gasteiger partial charge in [-0.3, -0.25) is 9.59 Å². The molecule has 2 aromatic carbocycles. The predicted molar refractivity (Wildman–Crippen MR) is 109 cm³/mol. The van der Waals surface area contributed by atoms with E-state index in [0.717, 1.165) is 11.1 Å². The van der Waals surface area contributed by atoms with Gasteiger partial charge in [0.25, 0.3) is 0 Å². The zero-order valence-corrected chi connectivity index (χ0v) is 16.9. The molecule has 2 rings (SSSR count). The average Bonchev–Trinajstić information content (AvgIpc) is 2.69. The molecule has 0 aliphatic rings. The molecule has 2 aromatic rings. The van der Waals surface area contributed by atoms with Gasteiger partial charge in [0, 0.05) is 19.5 Å². The molecule has 0 saturated heterocycles. The average molecular weight is 384 g/mol. The van der Waals surface area contributed by atoms with Crippen LogP contribution in [0.2, 0.25) is 0 Å². The Morgan fingerprint density at radius 2 is 1.61 bits per heavy atom. The molecule has 4 nitrogen and oxygen atoms in total. The number of amides is 2. The van der Waals surface area contributed by atoms with E-state index in [-0.39, 0.29) is 24.2 Å². The van der Waals surface area contributed by atoms with Crippen LogP contribution in [0.3, 0.4) is 0 Å². The van der Waals surface area contributed by atoms with Gasteiger partial charge < -0.3 is 10.2 Å². The zero-order valence-electron chi connectivity index (χ0n) is 16.9. The first-order valence-corrected chi connectivity index (χ1v) is 9.81. The molecular formula is C23H29FN2O2. The number of benzene rings is 2. The van der Waals surface area contributed by atoms with Gasteiger partial charge in [-0.05, 0) is 49.9 Å². The van der Waals surface area contributed by atoms with E-state index in [4.69, 9.17) is 0 Å². The number of likely N-dealkylation sites (N-methyl/N-ethyl adjacent to an activating group) is 1. The molecule has 0 aromatic heterocycles. The third kappa shape index (κ3) is 6.19. The van der Waals surface area contributed by atoms with Crippen molar-refractivity contribution in [3.05, 3.63) is 71.0 Å². The molecule has 0 spiro atoms. The second-order valence-corrected chi connectivity index (χ2v) is 6.95. The first-order valence-electron chi connectivity index (χ1n) is 9.81. The Kier molecular flexibility index (Phi) is 8.18. The highest BCUT2D eigenvalue weighted by molar-refractivity contribution is 5.87. The predicted octanol–water partition coefficient (Wildman–Crippen LogP) is 4.01. The smallest absolute Gasteiger partial charge is 0.242 e. The molecular weight excluding hydrogens is 355 g/mol. The third-order valence-corrected chi connectivity index (χ3v) is 4.75. The maximum Gasteiger partial charge on any atom is 0.242 e. The van der Waals surface area contributed by atoms with E-state index >= 15 is 0 Å². The minimum atomic E-state index is -0.546. The van der Waals surface area contributed by atoms with Crippen molar-refractivity contribution in [2.24, 2.45) is 0 Å². The van der Waals surface area contributed by atoms with Crippen molar-refractivity contribution in [2.75, 3.05) is 6.54 Å². The van der Waals surface area contributed by atoms with Gasteiger partial charge in [-0.25, -0.2) is 4.39 Å². The van der Waals surface area contributed by atoms with Crippen molar-refractivity contribution in [2.45, 2.75) is 52.6 Å². The molecule has 1 atom stereocenters. The normalized spacial score (nSPS) is 11.7. The number of nitrogens with one attached hydrogen (secondary N) is 1. The van der Waals surface area contributed by atoms with Crippen LogP contribution < -0.4 is 5.32 Å². The van der Waals surface area contributed by atoms with E-state index in [1.165, 1.54) is 17.7 Å². The second kappa shape index (κ2) is 10.6. The topological polar surface area (TPSA) is 49.4 Å². The van der Waals surface area contributed by atoms with Gasteiger partial charge in [0.1, 0.15) is 11.9 Å². The summed E-state index contributed by atoms with van der Waals surface area (Å²) in [6.45, 7) is 6.57. The van der Waals surface area contributed by atoms with Gasteiger partial charge in [-0.1, -0.05) is 48.9 Å². The second-order valence-electron chi connectivity index (χ2n) is 6.95. The molecule has 0 saturated carbocycles. The Morgan fingerprint density at radius 3 is 2.18 bits per heavy atom. The number of carbonyl (C=O) groups excluding carboxylic acids is 2. The van der Waals surface area contributed by atoms with Gasteiger partial charge in [-0.15, -0.1) is 0 Å². The van der Waals surface area contributed by atoms with Crippen molar-refractivity contribution in [3.8, 4) is 0 Å². The maximum absolute atomic E-state index is 13.2. The van der Waals surface area contributed by atoms with Gasteiger partial charge >= 0.3 is 0 Å². The molecule has 150 valence electrons. The molecule has 28 heavy (non-hydrogen) atoms. The van der Waals surface area contributed by atoms with Crippen LogP contribution in [0.1, 0.15) is 43.4 Å². The molecule has 0 aliphatic carbocycles. The summed E-state index contributed by atoms with van der Waals surface area (Å²) in [6.07, 6.45) is 1.45. The summed E-state index contributed by atoms with van der Waals surface area (Å²) in [5.41, 5.74) is 3.06. The molecule has 0 bridgehead atoms. The maximum atomic E-state index is 13.2. The lowest BCUT2D eigenvalue weighted by Gasteiger charge is -2.30. The number of halogens is 1. The summed E-state index contributed by atoms with van der Waals surface area (Å²) in [4.78, 5) is 27.2. The Bertz CT molecular complexity index is 772. The summed E-state index contributed by atoms with van der Waals surface area (Å²) in [7, 11) is 0. The van der Waals surface area contributed by atoms with Gasteiger partial charge in [0.05, 0.1) is 0 Å². The molecule has 0 radical (unpaired) electrons. The number of aryl methyl sites for hydroxylation is 2. The lowest BCUT2D eigenvalue weighted by molar-refractivity contribution is -0.141. The van der Waals surface area contributed by atoms with Crippen molar-refractivity contribution in [3.63, 3.8) is 0 Å². The van der Waals surface area contributed by atoms with E-state index in [9.17, 15) is 14.0 Å². The quantitative estimate of drug-likeness (QED) is 0.710. The van der Waals surface area contributed by atoms with Crippen LogP contribution in [0.4, 0.5) is 4.39 Å². The van der Waals surface area contributed by atoms with Gasteiger partial charge in [0.2, 0.25) is 11.8 Å². The molecule has 0 unspecified atom stereocenters. The largest absolute Gasteiger partial charge is 0.355 e. The van der Waals surface area contributed by atoms with Gasteiger partial charge in [0.15, 0.2) is 0 Å². The van der Waals surface area contributed by atoms with Crippen molar-refractivity contribution < 1.29 is 14.0 Å². The number of carbonyl (C=O) groups is 2. The summed E-state index contributed by atoms with van der Waals surface area (Å²) >= 11 is 0. The molecule has 1 N–H and O–H groups in total. The van der Waals surface area contributed by atoms with Crippen LogP contribution in [0, 0.1) is 12.7 Å². The number of hydrogen-bond acceptors (Lipinski definition) is 2. The van der Waals surface area contributed by atoms with Crippen LogP contribution >= 0.6 is 0 Å². The lowest BCUT2D eigenvalue weighted by atomic mass is 10.1. The Hall–Kier alpha value is -2.69. The summed E-state index contributed by atoms with van der Waals surface area (Å²) in [5, 5.41) is 2.81. The fourth-order valence-corrected chi connectivity index (χ4v) is 3.15. The van der Waals surface area contributed by atoms with E-state index < -0.39 is 6.04 Å².